The first-order valence-electron chi connectivity index (χ1n) is 4.03. The maximum atomic E-state index is 9.17. The van der Waals surface area contributed by atoms with E-state index < -0.39 is 0 Å². The molecule has 0 aliphatic carbocycles. The number of rotatable bonds is 2. The van der Waals surface area contributed by atoms with Gasteiger partial charge in [0.15, 0.2) is 0 Å². The quantitative estimate of drug-likeness (QED) is 0.710. The summed E-state index contributed by atoms with van der Waals surface area (Å²) in [6.45, 7) is 6.29. The molecule has 12 heavy (non-hydrogen) atoms. The molecule has 0 radical (unpaired) electrons. The van der Waals surface area contributed by atoms with Crippen molar-refractivity contribution in [1.82, 2.24) is 5.01 Å². The van der Waals surface area contributed by atoms with Crippen molar-refractivity contribution in [2.75, 3.05) is 13.7 Å². The van der Waals surface area contributed by atoms with Gasteiger partial charge in [-0.25, -0.2) is 0 Å². The lowest BCUT2D eigenvalue weighted by molar-refractivity contribution is 0.103. The fourth-order valence-corrected chi connectivity index (χ4v) is 2.37. The van der Waals surface area contributed by atoms with E-state index >= 15 is 0 Å². The van der Waals surface area contributed by atoms with Crippen molar-refractivity contribution in [1.29, 1.82) is 0 Å². The fraction of sp³-hybridized carbons (Fsp3) is 0.875. The summed E-state index contributed by atoms with van der Waals surface area (Å²) in [5, 5.41) is 16.7. The summed E-state index contributed by atoms with van der Waals surface area (Å²) in [4.78, 5) is 0. The first-order chi connectivity index (χ1) is 5.47. The standard InChI is InChI=1S/C8H16N2OS/c1-6-9-10(4)7(12-6)8(2,3)5-11/h7,11H,5H2,1-4H3. The van der Waals surface area contributed by atoms with E-state index in [0.717, 1.165) is 5.04 Å². The van der Waals surface area contributed by atoms with Gasteiger partial charge in [-0.05, 0) is 6.92 Å². The molecule has 0 spiro atoms. The number of hydrazone groups is 1. The Morgan fingerprint density at radius 3 is 2.58 bits per heavy atom. The molecule has 70 valence electrons. The van der Waals surface area contributed by atoms with Gasteiger partial charge in [-0.15, -0.1) is 0 Å². The topological polar surface area (TPSA) is 35.8 Å². The Hall–Kier alpha value is -0.220. The molecule has 1 N–H and O–H groups in total. The van der Waals surface area contributed by atoms with Crippen LogP contribution in [0, 0.1) is 5.41 Å². The van der Waals surface area contributed by atoms with Crippen LogP contribution in [-0.4, -0.2) is 34.2 Å². The number of aliphatic hydroxyl groups excluding tert-OH is 1. The third-order valence-corrected chi connectivity index (χ3v) is 3.59. The molecule has 0 bridgehead atoms. The summed E-state index contributed by atoms with van der Waals surface area (Å²) < 4.78 is 0. The fourth-order valence-electron chi connectivity index (χ4n) is 1.28. The van der Waals surface area contributed by atoms with Gasteiger partial charge in [0.25, 0.3) is 0 Å². The Morgan fingerprint density at radius 1 is 1.67 bits per heavy atom. The van der Waals surface area contributed by atoms with Crippen LogP contribution in [0.15, 0.2) is 5.10 Å². The van der Waals surface area contributed by atoms with E-state index in [0.29, 0.717) is 0 Å². The minimum Gasteiger partial charge on any atom is -0.396 e. The number of aliphatic hydroxyl groups is 1. The molecule has 0 saturated carbocycles. The molecule has 4 heteroatoms. The largest absolute Gasteiger partial charge is 0.396 e. The average molecular weight is 188 g/mol. The van der Waals surface area contributed by atoms with Gasteiger partial charge in [0, 0.05) is 12.5 Å². The van der Waals surface area contributed by atoms with Crippen LogP contribution >= 0.6 is 11.8 Å². The molecule has 1 atom stereocenters. The second-order valence-electron chi connectivity index (χ2n) is 3.81. The highest BCUT2D eigenvalue weighted by molar-refractivity contribution is 8.14. The van der Waals surface area contributed by atoms with Gasteiger partial charge in [-0.1, -0.05) is 25.6 Å². The number of hydrogen-bond acceptors (Lipinski definition) is 4. The predicted octanol–water partition coefficient (Wildman–Crippen LogP) is 1.34. The van der Waals surface area contributed by atoms with Crippen LogP contribution < -0.4 is 0 Å². The van der Waals surface area contributed by atoms with Crippen molar-refractivity contribution in [2.24, 2.45) is 10.5 Å². The first kappa shape index (κ1) is 9.86. The minimum atomic E-state index is -0.0966. The van der Waals surface area contributed by atoms with Crippen molar-refractivity contribution < 1.29 is 5.11 Å². The van der Waals surface area contributed by atoms with Crippen LogP contribution in [0.3, 0.4) is 0 Å². The second-order valence-corrected chi connectivity index (χ2v) is 5.08. The Labute approximate surface area is 77.8 Å². The highest BCUT2D eigenvalue weighted by Crippen LogP contribution is 2.37. The molecular weight excluding hydrogens is 172 g/mol. The Kier molecular flexibility index (Phi) is 2.68. The summed E-state index contributed by atoms with van der Waals surface area (Å²) >= 11 is 1.72. The SMILES string of the molecule is CC1=NN(C)C(C(C)(C)CO)S1. The monoisotopic (exact) mass is 188 g/mol. The van der Waals surface area contributed by atoms with Crippen LogP contribution in [0.1, 0.15) is 20.8 Å². The minimum absolute atomic E-state index is 0.0966. The van der Waals surface area contributed by atoms with Crippen molar-refractivity contribution in [3.63, 3.8) is 0 Å². The van der Waals surface area contributed by atoms with Gasteiger partial charge < -0.3 is 5.11 Å². The number of hydrogen-bond donors (Lipinski definition) is 1. The van der Waals surface area contributed by atoms with E-state index in [4.69, 9.17) is 5.11 Å². The lowest BCUT2D eigenvalue weighted by Crippen LogP contribution is -2.38. The van der Waals surface area contributed by atoms with Gasteiger partial charge in [-0.2, -0.15) is 5.10 Å². The summed E-state index contributed by atoms with van der Waals surface area (Å²) in [6.07, 6.45) is 0. The van der Waals surface area contributed by atoms with E-state index in [-0.39, 0.29) is 17.4 Å². The zero-order chi connectivity index (χ0) is 9.35. The zero-order valence-corrected chi connectivity index (χ0v) is 8.85. The van der Waals surface area contributed by atoms with Crippen molar-refractivity contribution in [3.8, 4) is 0 Å². The molecule has 0 aromatic rings. The van der Waals surface area contributed by atoms with E-state index in [9.17, 15) is 0 Å². The van der Waals surface area contributed by atoms with Crippen LogP contribution in [0.4, 0.5) is 0 Å². The van der Waals surface area contributed by atoms with Gasteiger partial charge in [0.1, 0.15) is 5.37 Å². The molecule has 3 nitrogen and oxygen atoms in total. The third-order valence-electron chi connectivity index (χ3n) is 2.00. The van der Waals surface area contributed by atoms with Gasteiger partial charge in [0.05, 0.1) is 11.7 Å². The molecule has 0 aromatic carbocycles. The second kappa shape index (κ2) is 3.26. The van der Waals surface area contributed by atoms with Crippen LogP contribution in [0.25, 0.3) is 0 Å². The molecular formula is C8H16N2OS. The van der Waals surface area contributed by atoms with Gasteiger partial charge in [0.2, 0.25) is 0 Å². The molecule has 0 aromatic heterocycles. The molecule has 1 unspecified atom stereocenters. The molecule has 0 fully saturated rings. The van der Waals surface area contributed by atoms with Gasteiger partial charge >= 0.3 is 0 Å². The Balaban J connectivity index is 2.68. The van der Waals surface area contributed by atoms with Crippen molar-refractivity contribution >= 4 is 16.8 Å². The highest BCUT2D eigenvalue weighted by atomic mass is 32.2. The van der Waals surface area contributed by atoms with Crippen LogP contribution in [0.5, 0.6) is 0 Å². The number of thioether (sulfide) groups is 1. The summed E-state index contributed by atoms with van der Waals surface area (Å²) in [5.41, 5.74) is -0.0966. The summed E-state index contributed by atoms with van der Waals surface area (Å²) in [6, 6.07) is 0. The predicted molar refractivity (Wildman–Crippen MR) is 53.1 cm³/mol. The molecule has 1 heterocycles. The van der Waals surface area contributed by atoms with Crippen molar-refractivity contribution in [3.05, 3.63) is 0 Å². The van der Waals surface area contributed by atoms with Crippen molar-refractivity contribution in [2.45, 2.75) is 26.1 Å². The smallest absolute Gasteiger partial charge is 0.105 e. The van der Waals surface area contributed by atoms with E-state index in [1.165, 1.54) is 0 Å². The Bertz CT molecular complexity index is 203. The zero-order valence-electron chi connectivity index (χ0n) is 8.03. The normalized spacial score (nSPS) is 24.6. The molecule has 1 rings (SSSR count). The van der Waals surface area contributed by atoms with E-state index in [2.05, 4.69) is 18.9 Å². The maximum Gasteiger partial charge on any atom is 0.105 e. The van der Waals surface area contributed by atoms with Crippen LogP contribution in [0.2, 0.25) is 0 Å². The number of nitrogens with zero attached hydrogens (tertiary/aromatic N) is 2. The molecule has 1 aliphatic rings. The summed E-state index contributed by atoms with van der Waals surface area (Å²) in [7, 11) is 1.95. The summed E-state index contributed by atoms with van der Waals surface area (Å²) in [5.74, 6) is 0. The van der Waals surface area contributed by atoms with E-state index in [1.54, 1.807) is 11.8 Å². The lowest BCUT2D eigenvalue weighted by Gasteiger charge is -2.32. The molecule has 1 aliphatic heterocycles. The maximum absolute atomic E-state index is 9.17. The van der Waals surface area contributed by atoms with Gasteiger partial charge in [-0.3, -0.25) is 5.01 Å². The molecule has 0 saturated heterocycles. The third kappa shape index (κ3) is 1.75. The lowest BCUT2D eigenvalue weighted by atomic mass is 9.94. The average Bonchev–Trinajstić information content (AvgIpc) is 2.31. The van der Waals surface area contributed by atoms with Crippen LogP contribution in [-0.2, 0) is 0 Å². The van der Waals surface area contributed by atoms with E-state index in [1.807, 2.05) is 19.0 Å². The first-order valence-corrected chi connectivity index (χ1v) is 4.91. The Morgan fingerprint density at radius 2 is 2.25 bits per heavy atom. The molecule has 0 amide bonds. The highest BCUT2D eigenvalue weighted by Gasteiger charge is 2.36.